The van der Waals surface area contributed by atoms with Crippen LogP contribution in [0.3, 0.4) is 0 Å². The van der Waals surface area contributed by atoms with Gasteiger partial charge >= 0.3 is 0 Å². The van der Waals surface area contributed by atoms with Crippen LogP contribution in [-0.2, 0) is 20.0 Å². The van der Waals surface area contributed by atoms with Crippen molar-refractivity contribution in [1.82, 2.24) is 24.2 Å². The van der Waals surface area contributed by atoms with Gasteiger partial charge in [0.1, 0.15) is 11.4 Å². The highest BCUT2D eigenvalue weighted by Gasteiger charge is 2.24. The lowest BCUT2D eigenvalue weighted by Gasteiger charge is -2.17. The van der Waals surface area contributed by atoms with Gasteiger partial charge in [0, 0.05) is 55.7 Å². The van der Waals surface area contributed by atoms with Crippen LogP contribution < -0.4 is 5.56 Å². The molecule has 0 aliphatic carbocycles. The number of hydrogen-bond donors (Lipinski definition) is 0. The van der Waals surface area contributed by atoms with E-state index < -0.39 is 23.2 Å². The van der Waals surface area contributed by atoms with E-state index in [1.54, 1.807) is 31.8 Å². The first-order chi connectivity index (χ1) is 21.5. The standard InChI is InChI=1S/C36H35F2N5O2/c1-23(28-15-16-30(37)31(38)20-28)43-36(45)35(24(2)42(43)5)33(44)9-7-6-8-25-14-17-32-29(18-25)21-39-34(40-32)19-26-10-12-27(13-11-26)22-41(3)4/h10-18,20-21,23H,7,9,19,22H2,1-5H3. The van der Waals surface area contributed by atoms with Crippen molar-refractivity contribution >= 4 is 16.7 Å². The van der Waals surface area contributed by atoms with Gasteiger partial charge in [-0.05, 0) is 75.0 Å². The number of halogens is 2. The fourth-order valence-electron chi connectivity index (χ4n) is 5.41. The highest BCUT2D eigenvalue weighted by Crippen LogP contribution is 2.21. The molecule has 7 nitrogen and oxygen atoms in total. The van der Waals surface area contributed by atoms with E-state index in [1.807, 2.05) is 32.3 Å². The molecule has 5 rings (SSSR count). The van der Waals surface area contributed by atoms with E-state index in [1.165, 1.54) is 16.3 Å². The highest BCUT2D eigenvalue weighted by atomic mass is 19.2. The van der Waals surface area contributed by atoms with Crippen molar-refractivity contribution in [2.75, 3.05) is 14.1 Å². The minimum Gasteiger partial charge on any atom is -0.305 e. The molecule has 0 amide bonds. The lowest BCUT2D eigenvalue weighted by molar-refractivity contribution is 0.0982. The second kappa shape index (κ2) is 13.4. The summed E-state index contributed by atoms with van der Waals surface area (Å²) in [5, 5.41) is 0.874. The number of ketones is 1. The Balaban J connectivity index is 1.23. The van der Waals surface area contributed by atoms with Crippen LogP contribution in [0.15, 0.2) is 71.7 Å². The molecule has 0 aliphatic rings. The van der Waals surface area contributed by atoms with E-state index in [2.05, 4.69) is 46.0 Å². The van der Waals surface area contributed by atoms with Crippen LogP contribution in [0.1, 0.15) is 69.9 Å². The van der Waals surface area contributed by atoms with Crippen molar-refractivity contribution in [3.05, 3.63) is 128 Å². The minimum atomic E-state index is -0.991. The number of carbonyl (C=O) groups is 1. The molecule has 2 heterocycles. The van der Waals surface area contributed by atoms with Gasteiger partial charge in [-0.25, -0.2) is 23.4 Å². The van der Waals surface area contributed by atoms with Crippen molar-refractivity contribution in [3.63, 3.8) is 0 Å². The summed E-state index contributed by atoms with van der Waals surface area (Å²) in [6.07, 6.45) is 2.79. The number of benzene rings is 3. The largest absolute Gasteiger partial charge is 0.305 e. The number of aromatic nitrogens is 4. The first-order valence-electron chi connectivity index (χ1n) is 14.7. The number of hydrogen-bond acceptors (Lipinski definition) is 5. The van der Waals surface area contributed by atoms with E-state index in [-0.39, 0.29) is 24.2 Å². The average molecular weight is 608 g/mol. The smallest absolute Gasteiger partial charge is 0.278 e. The lowest BCUT2D eigenvalue weighted by atomic mass is 10.1. The molecule has 0 saturated heterocycles. The quantitative estimate of drug-likeness (QED) is 0.152. The Morgan fingerprint density at radius 2 is 1.73 bits per heavy atom. The molecular formula is C36H35F2N5O2. The molecule has 5 aromatic rings. The zero-order chi connectivity index (χ0) is 32.2. The van der Waals surface area contributed by atoms with Gasteiger partial charge in [0.2, 0.25) is 0 Å². The molecule has 1 unspecified atom stereocenters. The monoisotopic (exact) mass is 607 g/mol. The van der Waals surface area contributed by atoms with Gasteiger partial charge in [-0.2, -0.15) is 0 Å². The fraction of sp³-hybridized carbons (Fsp3) is 0.278. The van der Waals surface area contributed by atoms with Crippen molar-refractivity contribution in [3.8, 4) is 11.8 Å². The molecule has 0 saturated carbocycles. The predicted molar refractivity (Wildman–Crippen MR) is 171 cm³/mol. The van der Waals surface area contributed by atoms with Crippen LogP contribution >= 0.6 is 0 Å². The van der Waals surface area contributed by atoms with E-state index >= 15 is 0 Å². The summed E-state index contributed by atoms with van der Waals surface area (Å²) in [7, 11) is 5.76. The van der Waals surface area contributed by atoms with Gasteiger partial charge in [0.05, 0.1) is 11.6 Å². The van der Waals surface area contributed by atoms with E-state index in [4.69, 9.17) is 4.98 Å². The van der Waals surface area contributed by atoms with E-state index in [0.29, 0.717) is 17.7 Å². The molecule has 0 bridgehead atoms. The number of nitrogens with zero attached hydrogens (tertiary/aromatic N) is 5. The van der Waals surface area contributed by atoms with Crippen molar-refractivity contribution in [2.45, 2.75) is 45.7 Å². The van der Waals surface area contributed by atoms with Gasteiger partial charge < -0.3 is 4.90 Å². The summed E-state index contributed by atoms with van der Waals surface area (Å²) < 4.78 is 30.2. The molecule has 3 aromatic carbocycles. The normalized spacial score (nSPS) is 11.9. The summed E-state index contributed by atoms with van der Waals surface area (Å²) >= 11 is 0. The predicted octanol–water partition coefficient (Wildman–Crippen LogP) is 5.99. The Morgan fingerprint density at radius 3 is 2.44 bits per heavy atom. The summed E-state index contributed by atoms with van der Waals surface area (Å²) in [5.74, 6) is 4.62. The summed E-state index contributed by atoms with van der Waals surface area (Å²) in [4.78, 5) is 37.8. The Labute approximate surface area is 261 Å². The first kappa shape index (κ1) is 31.5. The fourth-order valence-corrected chi connectivity index (χ4v) is 5.41. The van der Waals surface area contributed by atoms with E-state index in [0.717, 1.165) is 46.5 Å². The number of Topliss-reactive ketones (excluding diaryl/α,β-unsaturated/α-hetero) is 1. The van der Waals surface area contributed by atoms with Crippen LogP contribution in [0.25, 0.3) is 10.9 Å². The van der Waals surface area contributed by atoms with Gasteiger partial charge in [-0.15, -0.1) is 0 Å². The van der Waals surface area contributed by atoms with Gasteiger partial charge in [0.15, 0.2) is 17.4 Å². The number of rotatable bonds is 9. The molecule has 9 heteroatoms. The third kappa shape index (κ3) is 7.08. The van der Waals surface area contributed by atoms with Crippen LogP contribution in [0, 0.1) is 30.4 Å². The molecule has 45 heavy (non-hydrogen) atoms. The summed E-state index contributed by atoms with van der Waals surface area (Å²) in [5.41, 5.74) is 4.55. The molecule has 1 atom stereocenters. The van der Waals surface area contributed by atoms with Crippen molar-refractivity contribution in [1.29, 1.82) is 0 Å². The molecule has 0 fully saturated rings. The van der Waals surface area contributed by atoms with Crippen LogP contribution in [0.5, 0.6) is 0 Å². The second-order valence-electron chi connectivity index (χ2n) is 11.5. The molecule has 0 aliphatic heterocycles. The van der Waals surface area contributed by atoms with Crippen LogP contribution in [-0.4, -0.2) is 44.1 Å². The van der Waals surface area contributed by atoms with Gasteiger partial charge in [0.25, 0.3) is 5.56 Å². The lowest BCUT2D eigenvalue weighted by Crippen LogP contribution is -2.28. The maximum atomic E-state index is 13.8. The average Bonchev–Trinajstić information content (AvgIpc) is 3.24. The Hall–Kier alpha value is -4.94. The Morgan fingerprint density at radius 1 is 1.00 bits per heavy atom. The van der Waals surface area contributed by atoms with Crippen LogP contribution in [0.2, 0.25) is 0 Å². The summed E-state index contributed by atoms with van der Waals surface area (Å²) in [6, 6.07) is 17.1. The molecule has 230 valence electrons. The molecule has 0 radical (unpaired) electrons. The Kier molecular flexibility index (Phi) is 9.35. The summed E-state index contributed by atoms with van der Waals surface area (Å²) in [6.45, 7) is 4.29. The zero-order valence-corrected chi connectivity index (χ0v) is 26.1. The van der Waals surface area contributed by atoms with Gasteiger partial charge in [-0.3, -0.25) is 14.3 Å². The highest BCUT2D eigenvalue weighted by molar-refractivity contribution is 5.97. The number of carbonyl (C=O) groups excluding carboxylic acids is 1. The maximum Gasteiger partial charge on any atom is 0.278 e. The topological polar surface area (TPSA) is 73.0 Å². The van der Waals surface area contributed by atoms with Crippen LogP contribution in [0.4, 0.5) is 8.78 Å². The second-order valence-corrected chi connectivity index (χ2v) is 11.5. The molecular weight excluding hydrogens is 572 g/mol. The SMILES string of the molecule is Cc1c(C(=O)CCC#Cc2ccc3nc(Cc4ccc(CN(C)C)cc4)ncc3c2)c(=O)n(C(C)c2ccc(F)c(F)c2)n1C. The van der Waals surface area contributed by atoms with Crippen molar-refractivity contribution < 1.29 is 13.6 Å². The Bertz CT molecular complexity index is 2000. The molecule has 2 aromatic heterocycles. The molecule has 0 spiro atoms. The maximum absolute atomic E-state index is 13.8. The third-order valence-corrected chi connectivity index (χ3v) is 7.89. The zero-order valence-electron chi connectivity index (χ0n) is 26.1. The molecule has 0 N–H and O–H groups in total. The third-order valence-electron chi connectivity index (χ3n) is 7.89. The van der Waals surface area contributed by atoms with Crippen molar-refractivity contribution in [2.24, 2.45) is 7.05 Å². The number of fused-ring (bicyclic) bond motifs is 1. The van der Waals surface area contributed by atoms with E-state index in [9.17, 15) is 18.4 Å². The first-order valence-corrected chi connectivity index (χ1v) is 14.7. The minimum absolute atomic E-state index is 0.0722. The van der Waals surface area contributed by atoms with Gasteiger partial charge in [-0.1, -0.05) is 42.2 Å².